The van der Waals surface area contributed by atoms with Gasteiger partial charge in [0.2, 0.25) is 0 Å². The van der Waals surface area contributed by atoms with Crippen molar-refractivity contribution in [1.82, 2.24) is 9.97 Å². The minimum atomic E-state index is -0.957. The lowest BCUT2D eigenvalue weighted by molar-refractivity contribution is 0.0702. The van der Waals surface area contributed by atoms with E-state index in [0.717, 1.165) is 28.3 Å². The molecule has 0 spiro atoms. The van der Waals surface area contributed by atoms with Gasteiger partial charge in [-0.1, -0.05) is 24.3 Å². The van der Waals surface area contributed by atoms with Crippen molar-refractivity contribution in [2.24, 2.45) is 0 Å². The van der Waals surface area contributed by atoms with Crippen LogP contribution in [0.3, 0.4) is 0 Å². The Morgan fingerprint density at radius 2 is 1.96 bits per heavy atom. The molecule has 0 aliphatic heterocycles. The number of carbonyl (C=O) groups is 1. The number of aromatic carboxylic acids is 1. The number of thiazole rings is 1. The average Bonchev–Trinajstić information content (AvgIpc) is 3.09. The summed E-state index contributed by atoms with van der Waals surface area (Å²) in [4.78, 5) is 19.3. The normalized spacial score (nSPS) is 10.8. The molecule has 0 fully saturated rings. The van der Waals surface area contributed by atoms with Gasteiger partial charge < -0.3 is 9.84 Å². The summed E-state index contributed by atoms with van der Waals surface area (Å²) in [5.41, 5.74) is 1.85. The fraction of sp³-hybridized carbons (Fsp3) is 0.0556. The summed E-state index contributed by atoms with van der Waals surface area (Å²) in [5, 5.41) is 9.53. The molecule has 3 aromatic rings. The third kappa shape index (κ3) is 4.27. The van der Waals surface area contributed by atoms with Crippen LogP contribution in [-0.2, 0) is 6.61 Å². The first-order chi connectivity index (χ1) is 11.7. The Kier molecular flexibility index (Phi) is 4.98. The molecule has 2 heterocycles. The van der Waals surface area contributed by atoms with E-state index in [0.29, 0.717) is 11.6 Å². The van der Waals surface area contributed by atoms with Crippen molar-refractivity contribution in [1.29, 1.82) is 0 Å². The Bertz CT molecular complexity index is 842. The predicted molar refractivity (Wildman–Crippen MR) is 93.0 cm³/mol. The van der Waals surface area contributed by atoms with Crippen LogP contribution in [0.5, 0.6) is 5.75 Å². The summed E-state index contributed by atoms with van der Waals surface area (Å²) >= 11 is 1.14. The SMILES string of the molecule is O=C(O)c1cnc(/C=C/c2ccc(OCc3ccccn3)cc2)s1. The summed E-state index contributed by atoms with van der Waals surface area (Å²) in [6, 6.07) is 13.3. The van der Waals surface area contributed by atoms with Gasteiger partial charge in [0.15, 0.2) is 0 Å². The lowest BCUT2D eigenvalue weighted by Crippen LogP contribution is -1.97. The summed E-state index contributed by atoms with van der Waals surface area (Å²) in [7, 11) is 0. The van der Waals surface area contributed by atoms with Gasteiger partial charge >= 0.3 is 5.97 Å². The minimum absolute atomic E-state index is 0.230. The lowest BCUT2D eigenvalue weighted by Gasteiger charge is -2.05. The van der Waals surface area contributed by atoms with Gasteiger partial charge in [-0.15, -0.1) is 11.3 Å². The van der Waals surface area contributed by atoms with E-state index in [1.54, 1.807) is 12.3 Å². The molecule has 0 atom stereocenters. The Balaban J connectivity index is 1.59. The van der Waals surface area contributed by atoms with E-state index < -0.39 is 5.97 Å². The number of pyridine rings is 1. The quantitative estimate of drug-likeness (QED) is 0.736. The van der Waals surface area contributed by atoms with Crippen LogP contribution in [0.2, 0.25) is 0 Å². The number of carboxylic acids is 1. The second-order valence-corrected chi connectivity index (χ2v) is 5.94. The second kappa shape index (κ2) is 7.52. The second-order valence-electron chi connectivity index (χ2n) is 4.88. The number of hydrogen-bond donors (Lipinski definition) is 1. The maximum Gasteiger partial charge on any atom is 0.347 e. The molecule has 120 valence electrons. The zero-order valence-corrected chi connectivity index (χ0v) is 13.4. The van der Waals surface area contributed by atoms with E-state index in [2.05, 4.69) is 9.97 Å². The highest BCUT2D eigenvalue weighted by Gasteiger charge is 2.06. The van der Waals surface area contributed by atoms with Gasteiger partial charge in [-0.05, 0) is 35.9 Å². The summed E-state index contributed by atoms with van der Waals surface area (Å²) in [6.45, 7) is 0.424. The zero-order valence-electron chi connectivity index (χ0n) is 12.6. The third-order valence-electron chi connectivity index (χ3n) is 3.15. The van der Waals surface area contributed by atoms with E-state index in [-0.39, 0.29) is 4.88 Å². The molecular weight excluding hydrogens is 324 g/mol. The van der Waals surface area contributed by atoms with Crippen LogP contribution in [0.25, 0.3) is 12.2 Å². The topological polar surface area (TPSA) is 72.3 Å². The van der Waals surface area contributed by atoms with Crippen LogP contribution in [0.4, 0.5) is 0 Å². The van der Waals surface area contributed by atoms with Crippen molar-refractivity contribution >= 4 is 29.5 Å². The maximum absolute atomic E-state index is 10.8. The van der Waals surface area contributed by atoms with Crippen LogP contribution >= 0.6 is 11.3 Å². The fourth-order valence-corrected chi connectivity index (χ4v) is 2.61. The highest BCUT2D eigenvalue weighted by Crippen LogP contribution is 2.18. The predicted octanol–water partition coefficient (Wildman–Crippen LogP) is 3.99. The number of aromatic nitrogens is 2. The van der Waals surface area contributed by atoms with Gasteiger partial charge in [0.1, 0.15) is 22.2 Å². The highest BCUT2D eigenvalue weighted by molar-refractivity contribution is 7.14. The number of nitrogens with zero attached hydrogens (tertiary/aromatic N) is 2. The zero-order chi connectivity index (χ0) is 16.8. The molecular formula is C18H14N2O3S. The first-order valence-corrected chi connectivity index (χ1v) is 8.02. The Morgan fingerprint density at radius 3 is 2.62 bits per heavy atom. The number of benzene rings is 1. The standard InChI is InChI=1S/C18H14N2O3S/c21-18(22)16-11-20-17(24-16)9-6-13-4-7-15(8-5-13)23-12-14-3-1-2-10-19-14/h1-11H,12H2,(H,21,22)/b9-6+. The van der Waals surface area contributed by atoms with Gasteiger partial charge in [-0.3, -0.25) is 4.98 Å². The molecule has 0 aliphatic rings. The smallest absolute Gasteiger partial charge is 0.347 e. The molecule has 0 unspecified atom stereocenters. The van der Waals surface area contributed by atoms with Crippen LogP contribution < -0.4 is 4.74 Å². The first-order valence-electron chi connectivity index (χ1n) is 7.21. The molecule has 24 heavy (non-hydrogen) atoms. The van der Waals surface area contributed by atoms with Gasteiger partial charge in [0, 0.05) is 6.20 Å². The molecule has 0 saturated heterocycles. The highest BCUT2D eigenvalue weighted by atomic mass is 32.1. The van der Waals surface area contributed by atoms with Gasteiger partial charge in [0.25, 0.3) is 0 Å². The van der Waals surface area contributed by atoms with E-state index in [4.69, 9.17) is 9.84 Å². The fourth-order valence-electron chi connectivity index (χ4n) is 1.95. The molecule has 1 N–H and O–H groups in total. The lowest BCUT2D eigenvalue weighted by atomic mass is 10.2. The van der Waals surface area contributed by atoms with E-state index in [1.807, 2.05) is 48.5 Å². The van der Waals surface area contributed by atoms with Gasteiger partial charge in [-0.25, -0.2) is 9.78 Å². The van der Waals surface area contributed by atoms with Crippen molar-refractivity contribution in [2.75, 3.05) is 0 Å². The molecule has 0 amide bonds. The summed E-state index contributed by atoms with van der Waals surface area (Å²) in [6.07, 6.45) is 6.77. The van der Waals surface area contributed by atoms with E-state index >= 15 is 0 Å². The largest absolute Gasteiger partial charge is 0.487 e. The van der Waals surface area contributed by atoms with Crippen molar-refractivity contribution in [3.05, 3.63) is 76.0 Å². The van der Waals surface area contributed by atoms with Crippen molar-refractivity contribution in [3.8, 4) is 5.75 Å². The molecule has 1 aromatic carbocycles. The van der Waals surface area contributed by atoms with E-state index in [9.17, 15) is 4.79 Å². The summed E-state index contributed by atoms with van der Waals surface area (Å²) < 4.78 is 5.68. The average molecular weight is 338 g/mol. The number of ether oxygens (including phenoxy) is 1. The maximum atomic E-state index is 10.8. The molecule has 6 heteroatoms. The van der Waals surface area contributed by atoms with Crippen molar-refractivity contribution in [3.63, 3.8) is 0 Å². The number of carboxylic acid groups (broad SMARTS) is 1. The molecule has 2 aromatic heterocycles. The Labute approximate surface area is 142 Å². The summed E-state index contributed by atoms with van der Waals surface area (Å²) in [5.74, 6) is -0.193. The van der Waals surface area contributed by atoms with Crippen LogP contribution in [0.15, 0.2) is 54.9 Å². The number of hydrogen-bond acceptors (Lipinski definition) is 5. The molecule has 5 nitrogen and oxygen atoms in total. The Hall–Kier alpha value is -2.99. The molecule has 3 rings (SSSR count). The van der Waals surface area contributed by atoms with Crippen molar-refractivity contribution < 1.29 is 14.6 Å². The van der Waals surface area contributed by atoms with E-state index in [1.165, 1.54) is 6.20 Å². The van der Waals surface area contributed by atoms with Gasteiger partial charge in [0.05, 0.1) is 11.9 Å². The molecule has 0 bridgehead atoms. The Morgan fingerprint density at radius 1 is 1.12 bits per heavy atom. The molecule has 0 radical (unpaired) electrons. The van der Waals surface area contributed by atoms with Crippen LogP contribution in [-0.4, -0.2) is 21.0 Å². The third-order valence-corrected chi connectivity index (χ3v) is 4.10. The number of rotatable bonds is 6. The first kappa shape index (κ1) is 15.9. The van der Waals surface area contributed by atoms with Crippen LogP contribution in [0.1, 0.15) is 25.9 Å². The molecule has 0 aliphatic carbocycles. The van der Waals surface area contributed by atoms with Crippen molar-refractivity contribution in [2.45, 2.75) is 6.61 Å². The van der Waals surface area contributed by atoms with Gasteiger partial charge in [-0.2, -0.15) is 0 Å². The molecule has 0 saturated carbocycles. The monoisotopic (exact) mass is 338 g/mol. The minimum Gasteiger partial charge on any atom is -0.487 e. The van der Waals surface area contributed by atoms with Crippen LogP contribution in [0, 0.1) is 0 Å².